The van der Waals surface area contributed by atoms with E-state index in [1.54, 1.807) is 49.4 Å². The largest absolute Gasteiger partial charge is 0.467 e. The topological polar surface area (TPSA) is 109 Å². The number of carbonyl (C=O) groups excluding carboxylic acids is 2. The molecule has 3 aromatic rings. The Labute approximate surface area is 205 Å². The first-order valence-electron chi connectivity index (χ1n) is 11.6. The average molecular weight is 496 g/mol. The molecule has 0 aliphatic carbocycles. The molecule has 8 nitrogen and oxygen atoms in total. The first-order chi connectivity index (χ1) is 16.8. The highest BCUT2D eigenvalue weighted by Gasteiger charge is 2.29. The van der Waals surface area contributed by atoms with Crippen molar-refractivity contribution in [2.75, 3.05) is 18.4 Å². The summed E-state index contributed by atoms with van der Waals surface area (Å²) in [6.07, 6.45) is 3.16. The summed E-state index contributed by atoms with van der Waals surface area (Å²) < 4.78 is 33.1. The van der Waals surface area contributed by atoms with Crippen LogP contribution in [-0.4, -0.2) is 37.6 Å². The number of piperidine rings is 1. The normalized spacial score (nSPS) is 15.0. The second-order valence-electron chi connectivity index (χ2n) is 8.83. The van der Waals surface area contributed by atoms with Crippen LogP contribution >= 0.6 is 0 Å². The molecule has 1 aliphatic heterocycles. The fraction of sp³-hybridized carbons (Fsp3) is 0.308. The lowest BCUT2D eigenvalue weighted by Gasteiger charge is -2.29. The van der Waals surface area contributed by atoms with E-state index in [0.717, 1.165) is 12.8 Å². The third-order valence-electron chi connectivity index (χ3n) is 6.26. The zero-order valence-electron chi connectivity index (χ0n) is 19.8. The van der Waals surface area contributed by atoms with Gasteiger partial charge in [0.2, 0.25) is 10.0 Å². The molecule has 2 heterocycles. The lowest BCUT2D eigenvalue weighted by Crippen LogP contribution is -2.38. The molecule has 0 atom stereocenters. The van der Waals surface area contributed by atoms with Crippen LogP contribution in [0.15, 0.2) is 70.2 Å². The van der Waals surface area contributed by atoms with Gasteiger partial charge in [-0.25, -0.2) is 8.42 Å². The standard InChI is InChI=1S/C26H29N3O5S/c1-18-11-13-29(14-12-18)35(32,33)21-10-9-19(2)23(16-21)26(31)28-24-8-4-3-7-22(24)25(30)27-17-20-6-5-15-34-20/h3-10,15-16,18H,11-14,17H2,1-2H3,(H,27,30)(H,28,31). The maximum atomic E-state index is 13.2. The molecule has 0 radical (unpaired) electrons. The molecule has 2 amide bonds. The third-order valence-corrected chi connectivity index (χ3v) is 8.15. The van der Waals surface area contributed by atoms with E-state index in [1.807, 2.05) is 0 Å². The molecular formula is C26H29N3O5S. The Balaban J connectivity index is 1.53. The molecule has 1 saturated heterocycles. The monoisotopic (exact) mass is 495 g/mol. The summed E-state index contributed by atoms with van der Waals surface area (Å²) in [7, 11) is -3.70. The van der Waals surface area contributed by atoms with Gasteiger partial charge in [0.25, 0.3) is 11.8 Å². The number of hydrogen-bond donors (Lipinski definition) is 2. The van der Waals surface area contributed by atoms with Crippen LogP contribution in [0, 0.1) is 12.8 Å². The number of benzene rings is 2. The minimum Gasteiger partial charge on any atom is -0.467 e. The number of sulfonamides is 1. The Morgan fingerprint density at radius 3 is 2.46 bits per heavy atom. The molecule has 0 spiro atoms. The molecule has 9 heteroatoms. The summed E-state index contributed by atoms with van der Waals surface area (Å²) >= 11 is 0. The molecule has 1 aromatic heterocycles. The molecule has 0 unspecified atom stereocenters. The van der Waals surface area contributed by atoms with Gasteiger partial charge in [-0.15, -0.1) is 0 Å². The van der Waals surface area contributed by atoms with Crippen molar-refractivity contribution in [1.29, 1.82) is 0 Å². The van der Waals surface area contributed by atoms with E-state index in [2.05, 4.69) is 17.6 Å². The van der Waals surface area contributed by atoms with Gasteiger partial charge in [0.1, 0.15) is 5.76 Å². The van der Waals surface area contributed by atoms with Crippen molar-refractivity contribution in [3.05, 3.63) is 83.3 Å². The fourth-order valence-corrected chi connectivity index (χ4v) is 5.53. The molecular weight excluding hydrogens is 466 g/mol. The van der Waals surface area contributed by atoms with Gasteiger partial charge >= 0.3 is 0 Å². The Kier molecular flexibility index (Phi) is 7.37. The lowest BCUT2D eigenvalue weighted by atomic mass is 10.0. The van der Waals surface area contributed by atoms with Crippen molar-refractivity contribution in [3.8, 4) is 0 Å². The van der Waals surface area contributed by atoms with Crippen LogP contribution < -0.4 is 10.6 Å². The van der Waals surface area contributed by atoms with Crippen LogP contribution in [0.2, 0.25) is 0 Å². The van der Waals surface area contributed by atoms with Gasteiger partial charge in [-0.1, -0.05) is 25.1 Å². The molecule has 4 rings (SSSR count). The maximum absolute atomic E-state index is 13.2. The van der Waals surface area contributed by atoms with E-state index < -0.39 is 15.9 Å². The number of para-hydroxylation sites is 1. The highest BCUT2D eigenvalue weighted by Crippen LogP contribution is 2.26. The zero-order chi connectivity index (χ0) is 25.0. The van der Waals surface area contributed by atoms with Gasteiger partial charge < -0.3 is 15.1 Å². The Bertz CT molecular complexity index is 1310. The van der Waals surface area contributed by atoms with Crippen LogP contribution in [0.5, 0.6) is 0 Å². The number of hydrogen-bond acceptors (Lipinski definition) is 5. The lowest BCUT2D eigenvalue weighted by molar-refractivity contribution is 0.0949. The van der Waals surface area contributed by atoms with Gasteiger partial charge in [0, 0.05) is 18.7 Å². The van der Waals surface area contributed by atoms with E-state index in [9.17, 15) is 18.0 Å². The summed E-state index contributed by atoms with van der Waals surface area (Å²) in [4.78, 5) is 26.0. The number of furan rings is 1. The van der Waals surface area contributed by atoms with Crippen molar-refractivity contribution in [3.63, 3.8) is 0 Å². The van der Waals surface area contributed by atoms with Gasteiger partial charge in [0.05, 0.1) is 29.0 Å². The first kappa shape index (κ1) is 24.7. The molecule has 2 N–H and O–H groups in total. The highest BCUT2D eigenvalue weighted by atomic mass is 32.2. The summed E-state index contributed by atoms with van der Waals surface area (Å²) in [5.74, 6) is 0.247. The molecule has 0 bridgehead atoms. The van der Waals surface area contributed by atoms with Crippen LogP contribution in [0.25, 0.3) is 0 Å². The number of amides is 2. The second kappa shape index (κ2) is 10.5. The molecule has 1 aliphatic rings. The van der Waals surface area contributed by atoms with Gasteiger partial charge in [-0.3, -0.25) is 9.59 Å². The SMILES string of the molecule is Cc1ccc(S(=O)(=O)N2CCC(C)CC2)cc1C(=O)Nc1ccccc1C(=O)NCc1ccco1. The number of nitrogens with one attached hydrogen (secondary N) is 2. The summed E-state index contributed by atoms with van der Waals surface area (Å²) in [6, 6.07) is 14.7. The number of nitrogens with zero attached hydrogens (tertiary/aromatic N) is 1. The second-order valence-corrected chi connectivity index (χ2v) is 10.8. The summed E-state index contributed by atoms with van der Waals surface area (Å²) in [5.41, 5.74) is 1.49. The number of anilines is 1. The smallest absolute Gasteiger partial charge is 0.255 e. The first-order valence-corrected chi connectivity index (χ1v) is 13.0. The van der Waals surface area contributed by atoms with Gasteiger partial charge in [-0.2, -0.15) is 4.31 Å². The summed E-state index contributed by atoms with van der Waals surface area (Å²) in [6.45, 7) is 5.02. The van der Waals surface area contributed by atoms with Crippen molar-refractivity contribution >= 4 is 27.5 Å². The minimum atomic E-state index is -3.70. The summed E-state index contributed by atoms with van der Waals surface area (Å²) in [5, 5.41) is 5.54. The molecule has 184 valence electrons. The number of carbonyl (C=O) groups is 2. The number of rotatable bonds is 7. The Morgan fingerprint density at radius 2 is 1.74 bits per heavy atom. The highest BCUT2D eigenvalue weighted by molar-refractivity contribution is 7.89. The predicted molar refractivity (Wildman–Crippen MR) is 133 cm³/mol. The van der Waals surface area contributed by atoms with Crippen molar-refractivity contribution < 1.29 is 22.4 Å². The maximum Gasteiger partial charge on any atom is 0.255 e. The van der Waals surface area contributed by atoms with Crippen LogP contribution in [0.1, 0.15) is 51.8 Å². The van der Waals surface area contributed by atoms with E-state index in [-0.39, 0.29) is 28.5 Å². The van der Waals surface area contributed by atoms with Crippen LogP contribution in [-0.2, 0) is 16.6 Å². The van der Waals surface area contributed by atoms with E-state index in [1.165, 1.54) is 22.7 Å². The Morgan fingerprint density at radius 1 is 1.00 bits per heavy atom. The average Bonchev–Trinajstić information content (AvgIpc) is 3.37. The fourth-order valence-electron chi connectivity index (χ4n) is 4.04. The van der Waals surface area contributed by atoms with Crippen LogP contribution in [0.3, 0.4) is 0 Å². The van der Waals surface area contributed by atoms with Gasteiger partial charge in [-0.05, 0) is 67.6 Å². The minimum absolute atomic E-state index is 0.0901. The molecule has 35 heavy (non-hydrogen) atoms. The van der Waals surface area contributed by atoms with E-state index >= 15 is 0 Å². The number of aryl methyl sites for hydroxylation is 1. The Hall–Kier alpha value is -3.43. The van der Waals surface area contributed by atoms with E-state index in [0.29, 0.717) is 36.0 Å². The molecule has 0 saturated carbocycles. The van der Waals surface area contributed by atoms with Crippen molar-refractivity contribution in [2.24, 2.45) is 5.92 Å². The quantitative estimate of drug-likeness (QED) is 0.511. The van der Waals surface area contributed by atoms with Gasteiger partial charge in [0.15, 0.2) is 0 Å². The van der Waals surface area contributed by atoms with Crippen molar-refractivity contribution in [2.45, 2.75) is 38.1 Å². The van der Waals surface area contributed by atoms with Crippen LogP contribution in [0.4, 0.5) is 5.69 Å². The zero-order valence-corrected chi connectivity index (χ0v) is 20.6. The third kappa shape index (κ3) is 5.63. The molecule has 2 aromatic carbocycles. The van der Waals surface area contributed by atoms with E-state index in [4.69, 9.17) is 4.42 Å². The molecule has 1 fully saturated rings. The predicted octanol–water partition coefficient (Wildman–Crippen LogP) is 4.19. The van der Waals surface area contributed by atoms with Crippen molar-refractivity contribution in [1.82, 2.24) is 9.62 Å².